The van der Waals surface area contributed by atoms with Gasteiger partial charge in [-0.2, -0.15) is 0 Å². The number of nitrogens with two attached hydrogens (primary N) is 1. The van der Waals surface area contributed by atoms with Crippen molar-refractivity contribution in [2.24, 2.45) is 5.73 Å². The van der Waals surface area contributed by atoms with Crippen molar-refractivity contribution < 1.29 is 4.79 Å². The van der Waals surface area contributed by atoms with Gasteiger partial charge in [-0.25, -0.2) is 0 Å². The quantitative estimate of drug-likeness (QED) is 0.755. The van der Waals surface area contributed by atoms with Crippen LogP contribution in [0.25, 0.3) is 5.57 Å². The number of carbonyl (C=O) groups excluding carboxylic acids is 1. The first kappa shape index (κ1) is 19.5. The Hall–Kier alpha value is -2.23. The molecule has 27 heavy (non-hydrogen) atoms. The lowest BCUT2D eigenvalue weighted by Crippen LogP contribution is -2.12. The van der Waals surface area contributed by atoms with Crippen molar-refractivity contribution >= 4 is 11.4 Å². The van der Waals surface area contributed by atoms with E-state index in [-0.39, 0.29) is 5.78 Å². The number of benzene rings is 2. The highest BCUT2D eigenvalue weighted by molar-refractivity contribution is 5.97. The Balaban J connectivity index is 1.99. The SMILES string of the molecule is CN(C)CC/C=C1/c2ccccc2CCc2cc(C(=O)CCCN)ccc21. The first-order chi connectivity index (χ1) is 13.1. The second kappa shape index (κ2) is 9.12. The van der Waals surface area contributed by atoms with Gasteiger partial charge in [0.2, 0.25) is 0 Å². The monoisotopic (exact) mass is 362 g/mol. The Kier molecular flexibility index (Phi) is 6.59. The lowest BCUT2D eigenvalue weighted by molar-refractivity contribution is 0.0980. The molecule has 3 nitrogen and oxygen atoms in total. The molecule has 2 aromatic rings. The number of hydrogen-bond acceptors (Lipinski definition) is 3. The van der Waals surface area contributed by atoms with Gasteiger partial charge in [0, 0.05) is 18.5 Å². The number of Topliss-reactive ketones (excluding diaryl/α,β-unsaturated/α-hetero) is 1. The van der Waals surface area contributed by atoms with E-state index < -0.39 is 0 Å². The van der Waals surface area contributed by atoms with E-state index in [0.29, 0.717) is 13.0 Å². The second-order valence-electron chi connectivity index (χ2n) is 7.55. The molecule has 0 spiro atoms. The van der Waals surface area contributed by atoms with Gasteiger partial charge in [-0.15, -0.1) is 0 Å². The van der Waals surface area contributed by atoms with Crippen molar-refractivity contribution in [3.8, 4) is 0 Å². The molecule has 0 amide bonds. The van der Waals surface area contributed by atoms with Crippen molar-refractivity contribution in [1.29, 1.82) is 0 Å². The molecule has 0 fully saturated rings. The molecule has 0 radical (unpaired) electrons. The second-order valence-corrected chi connectivity index (χ2v) is 7.55. The van der Waals surface area contributed by atoms with Crippen molar-refractivity contribution in [2.45, 2.75) is 32.1 Å². The van der Waals surface area contributed by atoms with Crippen molar-refractivity contribution in [2.75, 3.05) is 27.2 Å². The summed E-state index contributed by atoms with van der Waals surface area (Å²) >= 11 is 0. The third-order valence-electron chi connectivity index (χ3n) is 5.22. The summed E-state index contributed by atoms with van der Waals surface area (Å²) in [5.41, 5.74) is 13.0. The maximum absolute atomic E-state index is 12.4. The Morgan fingerprint density at radius 1 is 1.07 bits per heavy atom. The predicted molar refractivity (Wildman–Crippen MR) is 113 cm³/mol. The Labute approximate surface area is 162 Å². The number of carbonyl (C=O) groups is 1. The van der Waals surface area contributed by atoms with Crippen LogP contribution in [-0.2, 0) is 12.8 Å². The third kappa shape index (κ3) is 4.74. The fourth-order valence-electron chi connectivity index (χ4n) is 3.75. The van der Waals surface area contributed by atoms with Gasteiger partial charge in [-0.05, 0) is 80.2 Å². The minimum absolute atomic E-state index is 0.197. The van der Waals surface area contributed by atoms with Crippen LogP contribution in [0.1, 0.15) is 51.9 Å². The third-order valence-corrected chi connectivity index (χ3v) is 5.22. The predicted octanol–water partition coefficient (Wildman–Crippen LogP) is 4.09. The lowest BCUT2D eigenvalue weighted by Gasteiger charge is -2.14. The molecule has 0 bridgehead atoms. The Morgan fingerprint density at radius 3 is 2.59 bits per heavy atom. The van der Waals surface area contributed by atoms with Crippen LogP contribution in [0, 0.1) is 0 Å². The average Bonchev–Trinajstić information content (AvgIpc) is 2.83. The molecule has 0 atom stereocenters. The standard InChI is InChI=1S/C24H30N2O/c1-26(2)16-6-9-23-21-8-4-3-7-18(21)11-12-19-17-20(13-14-22(19)23)24(27)10-5-15-25/h3-4,7-9,13-14,17H,5-6,10-12,15-16,25H2,1-2H3/b23-9-. The largest absolute Gasteiger partial charge is 0.330 e. The molecule has 0 saturated heterocycles. The van der Waals surface area contributed by atoms with Crippen LogP contribution in [0.2, 0.25) is 0 Å². The maximum Gasteiger partial charge on any atom is 0.162 e. The van der Waals surface area contributed by atoms with Crippen LogP contribution in [-0.4, -0.2) is 37.9 Å². The minimum atomic E-state index is 0.197. The topological polar surface area (TPSA) is 46.3 Å². The number of ketones is 1. The molecule has 142 valence electrons. The normalized spacial score (nSPS) is 14.7. The van der Waals surface area contributed by atoms with E-state index in [9.17, 15) is 4.79 Å². The first-order valence-corrected chi connectivity index (χ1v) is 9.90. The van der Waals surface area contributed by atoms with Crippen molar-refractivity contribution in [3.05, 3.63) is 76.4 Å². The van der Waals surface area contributed by atoms with Crippen LogP contribution in [0.5, 0.6) is 0 Å². The van der Waals surface area contributed by atoms with Gasteiger partial charge in [0.25, 0.3) is 0 Å². The van der Waals surface area contributed by atoms with E-state index in [1.807, 2.05) is 6.07 Å². The molecule has 0 unspecified atom stereocenters. The van der Waals surface area contributed by atoms with E-state index in [0.717, 1.165) is 37.8 Å². The van der Waals surface area contributed by atoms with Gasteiger partial charge in [-0.3, -0.25) is 4.79 Å². The average molecular weight is 363 g/mol. The zero-order valence-electron chi connectivity index (χ0n) is 16.5. The number of nitrogens with zero attached hydrogens (tertiary/aromatic N) is 1. The summed E-state index contributed by atoms with van der Waals surface area (Å²) in [5.74, 6) is 0.197. The first-order valence-electron chi connectivity index (χ1n) is 9.90. The number of fused-ring (bicyclic) bond motifs is 2. The van der Waals surface area contributed by atoms with Crippen molar-refractivity contribution in [1.82, 2.24) is 4.90 Å². The molecule has 2 N–H and O–H groups in total. The fourth-order valence-corrected chi connectivity index (χ4v) is 3.75. The van der Waals surface area contributed by atoms with Gasteiger partial charge in [0.05, 0.1) is 0 Å². The van der Waals surface area contributed by atoms with E-state index in [1.54, 1.807) is 0 Å². The van der Waals surface area contributed by atoms with Gasteiger partial charge in [0.1, 0.15) is 0 Å². The number of rotatable bonds is 7. The summed E-state index contributed by atoms with van der Waals surface area (Å²) in [6.07, 6.45) is 6.62. The van der Waals surface area contributed by atoms with Gasteiger partial charge in [-0.1, -0.05) is 42.5 Å². The molecule has 0 saturated carbocycles. The molecule has 3 heteroatoms. The molecule has 1 aliphatic rings. The minimum Gasteiger partial charge on any atom is -0.330 e. The van der Waals surface area contributed by atoms with Crippen molar-refractivity contribution in [3.63, 3.8) is 0 Å². The van der Waals surface area contributed by atoms with Gasteiger partial charge < -0.3 is 10.6 Å². The molecule has 3 rings (SSSR count). The van der Waals surface area contributed by atoms with E-state index in [2.05, 4.69) is 61.5 Å². The summed E-state index contributed by atoms with van der Waals surface area (Å²) in [6, 6.07) is 14.9. The molecular weight excluding hydrogens is 332 g/mol. The molecule has 0 aliphatic heterocycles. The highest BCUT2D eigenvalue weighted by Crippen LogP contribution is 2.34. The molecular formula is C24H30N2O. The molecule has 1 aliphatic carbocycles. The maximum atomic E-state index is 12.4. The van der Waals surface area contributed by atoms with Crippen LogP contribution in [0.4, 0.5) is 0 Å². The molecule has 0 aromatic heterocycles. The zero-order chi connectivity index (χ0) is 19.2. The summed E-state index contributed by atoms with van der Waals surface area (Å²) in [4.78, 5) is 14.7. The molecule has 0 heterocycles. The van der Waals surface area contributed by atoms with Crippen LogP contribution in [0.3, 0.4) is 0 Å². The smallest absolute Gasteiger partial charge is 0.162 e. The molecule has 2 aromatic carbocycles. The van der Waals surface area contributed by atoms with Crippen LogP contribution < -0.4 is 5.73 Å². The highest BCUT2D eigenvalue weighted by atomic mass is 16.1. The van der Waals surface area contributed by atoms with E-state index in [4.69, 9.17) is 5.73 Å². The van der Waals surface area contributed by atoms with E-state index in [1.165, 1.54) is 27.8 Å². The van der Waals surface area contributed by atoms with Crippen LogP contribution in [0.15, 0.2) is 48.5 Å². The lowest BCUT2D eigenvalue weighted by atomic mass is 9.91. The van der Waals surface area contributed by atoms with Gasteiger partial charge >= 0.3 is 0 Å². The Bertz CT molecular complexity index is 836. The fraction of sp³-hybridized carbons (Fsp3) is 0.375. The number of hydrogen-bond donors (Lipinski definition) is 1. The van der Waals surface area contributed by atoms with Crippen LogP contribution >= 0.6 is 0 Å². The van der Waals surface area contributed by atoms with Gasteiger partial charge in [0.15, 0.2) is 5.78 Å². The highest BCUT2D eigenvalue weighted by Gasteiger charge is 2.19. The zero-order valence-corrected chi connectivity index (χ0v) is 16.5. The number of aryl methyl sites for hydroxylation is 2. The van der Waals surface area contributed by atoms with E-state index >= 15 is 0 Å². The summed E-state index contributed by atoms with van der Waals surface area (Å²) in [5, 5.41) is 0. The Morgan fingerprint density at radius 2 is 1.81 bits per heavy atom. The summed E-state index contributed by atoms with van der Waals surface area (Å²) in [6.45, 7) is 1.58. The summed E-state index contributed by atoms with van der Waals surface area (Å²) in [7, 11) is 4.21. The summed E-state index contributed by atoms with van der Waals surface area (Å²) < 4.78 is 0.